The van der Waals surface area contributed by atoms with Crippen LogP contribution in [0, 0.1) is 11.3 Å². The van der Waals surface area contributed by atoms with E-state index in [1.807, 2.05) is 6.26 Å². The molecule has 0 aliphatic heterocycles. The lowest BCUT2D eigenvalue weighted by atomic mass is 10.1. The van der Waals surface area contributed by atoms with E-state index in [1.165, 1.54) is 17.8 Å². The zero-order valence-corrected chi connectivity index (χ0v) is 11.0. The van der Waals surface area contributed by atoms with E-state index in [-0.39, 0.29) is 11.8 Å². The smallest absolute Gasteiger partial charge is 0.223 e. The second-order valence-corrected chi connectivity index (χ2v) is 4.83. The molecule has 0 fully saturated rings. The van der Waals surface area contributed by atoms with Crippen LogP contribution >= 0.6 is 11.8 Å². The van der Waals surface area contributed by atoms with Crippen LogP contribution < -0.4 is 11.2 Å². The van der Waals surface area contributed by atoms with Gasteiger partial charge in [-0.1, -0.05) is 0 Å². The molecule has 1 aromatic heterocycles. The van der Waals surface area contributed by atoms with Crippen molar-refractivity contribution in [1.82, 2.24) is 4.98 Å². The number of thioether (sulfide) groups is 1. The minimum atomic E-state index is -0.517. The van der Waals surface area contributed by atoms with Gasteiger partial charge >= 0.3 is 0 Å². The Labute approximate surface area is 113 Å². The lowest BCUT2D eigenvalue weighted by molar-refractivity contribution is -0.117. The molecule has 0 aliphatic rings. The van der Waals surface area contributed by atoms with Crippen molar-refractivity contribution in [3.63, 3.8) is 0 Å². The fourth-order valence-electron chi connectivity index (χ4n) is 1.95. The van der Waals surface area contributed by atoms with Crippen LogP contribution in [0.2, 0.25) is 0 Å². The summed E-state index contributed by atoms with van der Waals surface area (Å²) in [6, 6.07) is 6.88. The number of rotatable bonds is 3. The molecule has 1 aromatic carbocycles. The summed E-state index contributed by atoms with van der Waals surface area (Å²) in [6.07, 6.45) is 1.81. The zero-order valence-electron chi connectivity index (χ0n) is 10.2. The lowest BCUT2D eigenvalue weighted by Crippen LogP contribution is -2.17. The molecule has 2 aromatic rings. The van der Waals surface area contributed by atoms with E-state index < -0.39 is 5.91 Å². The fraction of sp³-hybridized carbons (Fsp3) is 0.154. The molecule has 19 heavy (non-hydrogen) atoms. The summed E-state index contributed by atoms with van der Waals surface area (Å²) < 4.78 is 0. The molecule has 2 rings (SSSR count). The number of nitrogens with two attached hydrogens (primary N) is 1. The highest BCUT2D eigenvalue weighted by molar-refractivity contribution is 7.98. The third-order valence-corrected chi connectivity index (χ3v) is 3.49. The van der Waals surface area contributed by atoms with E-state index in [4.69, 9.17) is 5.73 Å². The number of primary amides is 1. The molecule has 0 saturated heterocycles. The molecule has 3 N–H and O–H groups in total. The van der Waals surface area contributed by atoms with Crippen LogP contribution in [-0.2, 0) is 11.2 Å². The largest absolute Gasteiger partial charge is 0.369 e. The number of amides is 1. The van der Waals surface area contributed by atoms with E-state index in [0.29, 0.717) is 22.2 Å². The Morgan fingerprint density at radius 1 is 1.53 bits per heavy atom. The first-order chi connectivity index (χ1) is 9.06. The highest BCUT2D eigenvalue weighted by Gasteiger charge is 2.12. The molecule has 5 nitrogen and oxygen atoms in total. The van der Waals surface area contributed by atoms with Gasteiger partial charge in [-0.05, 0) is 18.4 Å². The number of nitrogens with one attached hydrogen (secondary N) is 1. The molecule has 0 unspecified atom stereocenters. The average molecular weight is 273 g/mol. The predicted molar refractivity (Wildman–Crippen MR) is 74.0 cm³/mol. The monoisotopic (exact) mass is 273 g/mol. The van der Waals surface area contributed by atoms with Crippen LogP contribution in [0.5, 0.6) is 0 Å². The second kappa shape index (κ2) is 5.16. The number of nitriles is 1. The second-order valence-electron chi connectivity index (χ2n) is 3.98. The number of hydrogen-bond donors (Lipinski definition) is 2. The van der Waals surface area contributed by atoms with Crippen LogP contribution in [0.15, 0.2) is 27.9 Å². The van der Waals surface area contributed by atoms with Crippen LogP contribution in [-0.4, -0.2) is 17.1 Å². The van der Waals surface area contributed by atoms with Crippen molar-refractivity contribution in [2.75, 3.05) is 6.26 Å². The van der Waals surface area contributed by atoms with Crippen LogP contribution in [0.1, 0.15) is 11.3 Å². The Hall–Kier alpha value is -2.26. The van der Waals surface area contributed by atoms with Gasteiger partial charge in [0.25, 0.3) is 0 Å². The summed E-state index contributed by atoms with van der Waals surface area (Å²) in [7, 11) is 0. The number of H-pyrrole nitrogens is 1. The maximum atomic E-state index is 12.1. The summed E-state index contributed by atoms with van der Waals surface area (Å²) in [4.78, 5) is 26.7. The van der Waals surface area contributed by atoms with Gasteiger partial charge in [-0.25, -0.2) is 0 Å². The van der Waals surface area contributed by atoms with Crippen LogP contribution in [0.4, 0.5) is 0 Å². The van der Waals surface area contributed by atoms with Crippen molar-refractivity contribution in [3.8, 4) is 6.07 Å². The number of fused-ring (bicyclic) bond motifs is 1. The third-order valence-electron chi connectivity index (χ3n) is 2.71. The number of pyridine rings is 1. The fourth-order valence-corrected chi connectivity index (χ4v) is 2.50. The molecule has 96 valence electrons. The predicted octanol–water partition coefficient (Wildman–Crippen LogP) is 1.15. The topological polar surface area (TPSA) is 99.7 Å². The van der Waals surface area contributed by atoms with Gasteiger partial charge in [0.15, 0.2) is 5.43 Å². The zero-order chi connectivity index (χ0) is 14.0. The van der Waals surface area contributed by atoms with Gasteiger partial charge in [0.1, 0.15) is 6.07 Å². The van der Waals surface area contributed by atoms with Gasteiger partial charge < -0.3 is 10.7 Å². The SMILES string of the molecule is CSc1ccc2[nH]c(CC(N)=O)cc(=O)c2c1C#N. The van der Waals surface area contributed by atoms with Crippen molar-refractivity contribution in [2.24, 2.45) is 5.73 Å². The molecule has 0 spiro atoms. The number of aromatic amines is 1. The number of carbonyl (C=O) groups is 1. The Balaban J connectivity index is 2.77. The summed E-state index contributed by atoms with van der Waals surface area (Å²) in [5, 5.41) is 9.55. The van der Waals surface area contributed by atoms with Gasteiger partial charge in [0, 0.05) is 16.7 Å². The van der Waals surface area contributed by atoms with Crippen LogP contribution in [0.25, 0.3) is 10.9 Å². The summed E-state index contributed by atoms with van der Waals surface area (Å²) >= 11 is 1.41. The first-order valence-corrected chi connectivity index (χ1v) is 6.70. The molecule has 1 heterocycles. The van der Waals surface area contributed by atoms with Crippen LogP contribution in [0.3, 0.4) is 0 Å². The minimum Gasteiger partial charge on any atom is -0.369 e. The first kappa shape index (κ1) is 13.2. The quantitative estimate of drug-likeness (QED) is 0.819. The van der Waals surface area contributed by atoms with Crippen molar-refractivity contribution < 1.29 is 4.79 Å². The van der Waals surface area contributed by atoms with Gasteiger partial charge in [-0.3, -0.25) is 9.59 Å². The number of benzene rings is 1. The Bertz CT molecular complexity index is 759. The number of nitrogens with zero attached hydrogens (tertiary/aromatic N) is 1. The first-order valence-electron chi connectivity index (χ1n) is 5.48. The van der Waals surface area contributed by atoms with Gasteiger partial charge in [-0.2, -0.15) is 5.26 Å². The molecule has 0 bridgehead atoms. The summed E-state index contributed by atoms with van der Waals surface area (Å²) in [6.45, 7) is 0. The molecule has 0 radical (unpaired) electrons. The van der Waals surface area contributed by atoms with Gasteiger partial charge in [0.05, 0.1) is 22.9 Å². The maximum absolute atomic E-state index is 12.1. The number of hydrogen-bond acceptors (Lipinski definition) is 4. The number of aromatic nitrogens is 1. The average Bonchev–Trinajstić information content (AvgIpc) is 2.36. The number of carbonyl (C=O) groups excluding carboxylic acids is 1. The Kier molecular flexibility index (Phi) is 3.58. The summed E-state index contributed by atoms with van der Waals surface area (Å²) in [5.41, 5.74) is 6.17. The van der Waals surface area contributed by atoms with Crippen molar-refractivity contribution in [2.45, 2.75) is 11.3 Å². The standard InChI is InChI=1S/C13H11N3O2S/c1-19-11-3-2-9-13(8(11)6-14)10(17)4-7(16-9)5-12(15)18/h2-4H,5H2,1H3,(H2,15,18)(H,16,17). The highest BCUT2D eigenvalue weighted by atomic mass is 32.2. The molecule has 0 atom stereocenters. The molecule has 6 heteroatoms. The molecule has 0 saturated carbocycles. The minimum absolute atomic E-state index is 0.0304. The van der Waals surface area contributed by atoms with E-state index in [9.17, 15) is 14.9 Å². The van der Waals surface area contributed by atoms with E-state index in [2.05, 4.69) is 11.1 Å². The van der Waals surface area contributed by atoms with E-state index in [0.717, 1.165) is 4.90 Å². The Morgan fingerprint density at radius 3 is 2.84 bits per heavy atom. The molecular formula is C13H11N3O2S. The van der Waals surface area contributed by atoms with E-state index >= 15 is 0 Å². The molecular weight excluding hydrogens is 262 g/mol. The van der Waals surface area contributed by atoms with Gasteiger partial charge in [-0.15, -0.1) is 11.8 Å². The van der Waals surface area contributed by atoms with E-state index in [1.54, 1.807) is 12.1 Å². The Morgan fingerprint density at radius 2 is 2.26 bits per heavy atom. The highest BCUT2D eigenvalue weighted by Crippen LogP contribution is 2.25. The normalized spacial score (nSPS) is 10.3. The lowest BCUT2D eigenvalue weighted by Gasteiger charge is -2.06. The third kappa shape index (κ3) is 2.46. The van der Waals surface area contributed by atoms with Crippen molar-refractivity contribution in [3.05, 3.63) is 39.7 Å². The van der Waals surface area contributed by atoms with Crippen molar-refractivity contribution >= 4 is 28.6 Å². The van der Waals surface area contributed by atoms with Gasteiger partial charge in [0.2, 0.25) is 5.91 Å². The van der Waals surface area contributed by atoms with Crippen molar-refractivity contribution in [1.29, 1.82) is 5.26 Å². The molecule has 1 amide bonds. The molecule has 0 aliphatic carbocycles. The maximum Gasteiger partial charge on any atom is 0.223 e. The summed E-state index contributed by atoms with van der Waals surface area (Å²) in [5.74, 6) is -0.517.